The fourth-order valence-electron chi connectivity index (χ4n) is 2.50. The van der Waals surface area contributed by atoms with Crippen molar-refractivity contribution in [3.05, 3.63) is 54.1 Å². The smallest absolute Gasteiger partial charge is 0.266 e. The number of aromatic nitrogens is 1. The molecule has 0 saturated carbocycles. The van der Waals surface area contributed by atoms with E-state index in [2.05, 4.69) is 36.3 Å². The monoisotopic (exact) mass is 354 g/mol. The molecule has 1 amide bonds. The van der Waals surface area contributed by atoms with Gasteiger partial charge in [-0.2, -0.15) is 0 Å². The summed E-state index contributed by atoms with van der Waals surface area (Å²) in [6.45, 7) is 6.13. The molecule has 1 aromatic heterocycles. The van der Waals surface area contributed by atoms with Gasteiger partial charge in [-0.15, -0.1) is 0 Å². The fraction of sp³-hybridized carbons (Fsp3) is 0.300. The molecular weight excluding hydrogens is 332 g/mol. The number of hydrogen-bond acceptors (Lipinski definition) is 4. The van der Waals surface area contributed by atoms with E-state index in [1.54, 1.807) is 6.92 Å². The number of rotatable bonds is 6. The molecule has 1 heterocycles. The normalized spacial score (nSPS) is 13.4. The number of nitrogens with zero attached hydrogens (tertiary/aromatic N) is 1. The van der Waals surface area contributed by atoms with Crippen molar-refractivity contribution in [3.8, 4) is 5.75 Å². The number of thiazole rings is 1. The van der Waals surface area contributed by atoms with E-state index >= 15 is 0 Å². The quantitative estimate of drug-likeness (QED) is 0.660. The van der Waals surface area contributed by atoms with Gasteiger partial charge < -0.3 is 4.74 Å². The third-order valence-electron chi connectivity index (χ3n) is 4.25. The number of carbonyl (C=O) groups excluding carboxylic acids is 1. The SMILES string of the molecule is CCC(C)c1ccc2nc(NC(=O)C(C)Oc3ccccc3)sc2c1. The minimum atomic E-state index is -0.593. The summed E-state index contributed by atoms with van der Waals surface area (Å²) in [4.78, 5) is 16.8. The first-order chi connectivity index (χ1) is 12.1. The summed E-state index contributed by atoms with van der Waals surface area (Å²) in [6.07, 6.45) is 0.507. The molecule has 130 valence electrons. The van der Waals surface area contributed by atoms with Gasteiger partial charge >= 0.3 is 0 Å². The van der Waals surface area contributed by atoms with Crippen molar-refractivity contribution >= 4 is 32.6 Å². The molecule has 3 aromatic rings. The summed E-state index contributed by atoms with van der Waals surface area (Å²) in [5, 5.41) is 3.46. The summed E-state index contributed by atoms with van der Waals surface area (Å²) < 4.78 is 6.74. The van der Waals surface area contributed by atoms with E-state index in [0.29, 0.717) is 16.8 Å². The summed E-state index contributed by atoms with van der Waals surface area (Å²) in [7, 11) is 0. The molecule has 0 spiro atoms. The second-order valence-electron chi connectivity index (χ2n) is 6.12. The van der Waals surface area contributed by atoms with E-state index in [1.165, 1.54) is 16.9 Å². The molecule has 0 saturated heterocycles. The van der Waals surface area contributed by atoms with Crippen molar-refractivity contribution in [3.63, 3.8) is 0 Å². The zero-order chi connectivity index (χ0) is 17.8. The van der Waals surface area contributed by atoms with Crippen molar-refractivity contribution in [2.24, 2.45) is 0 Å². The van der Waals surface area contributed by atoms with Crippen LogP contribution in [-0.2, 0) is 4.79 Å². The highest BCUT2D eigenvalue weighted by atomic mass is 32.1. The number of carbonyl (C=O) groups is 1. The third kappa shape index (κ3) is 4.17. The van der Waals surface area contributed by atoms with Gasteiger partial charge in [0.25, 0.3) is 5.91 Å². The highest BCUT2D eigenvalue weighted by molar-refractivity contribution is 7.22. The van der Waals surface area contributed by atoms with Crippen molar-refractivity contribution in [2.45, 2.75) is 39.2 Å². The first-order valence-corrected chi connectivity index (χ1v) is 9.31. The van der Waals surface area contributed by atoms with Gasteiger partial charge in [-0.1, -0.05) is 49.4 Å². The van der Waals surface area contributed by atoms with Crippen LogP contribution in [0.5, 0.6) is 5.75 Å². The van der Waals surface area contributed by atoms with Crippen LogP contribution in [0.2, 0.25) is 0 Å². The summed E-state index contributed by atoms with van der Waals surface area (Å²) in [5.41, 5.74) is 2.21. The van der Waals surface area contributed by atoms with Crippen molar-refractivity contribution in [2.75, 3.05) is 5.32 Å². The van der Waals surface area contributed by atoms with Gasteiger partial charge in [0.15, 0.2) is 11.2 Å². The Bertz CT molecular complexity index is 861. The van der Waals surface area contributed by atoms with Gasteiger partial charge in [0.05, 0.1) is 10.2 Å². The van der Waals surface area contributed by atoms with Gasteiger partial charge in [0.2, 0.25) is 0 Å². The number of hydrogen-bond donors (Lipinski definition) is 1. The molecular formula is C20H22N2O2S. The van der Waals surface area contributed by atoms with Crippen molar-refractivity contribution in [1.29, 1.82) is 0 Å². The Morgan fingerprint density at radius 1 is 1.20 bits per heavy atom. The molecule has 0 bridgehead atoms. The number of benzene rings is 2. The molecule has 0 aliphatic heterocycles. The average molecular weight is 354 g/mol. The first-order valence-electron chi connectivity index (χ1n) is 8.50. The Labute approximate surface area is 151 Å². The number of anilines is 1. The summed E-state index contributed by atoms with van der Waals surface area (Å²) >= 11 is 1.49. The first kappa shape index (κ1) is 17.4. The van der Waals surface area contributed by atoms with Crippen LogP contribution in [0.15, 0.2) is 48.5 Å². The Kier molecular flexibility index (Phi) is 5.34. The zero-order valence-electron chi connectivity index (χ0n) is 14.7. The largest absolute Gasteiger partial charge is 0.481 e. The Hall–Kier alpha value is -2.40. The average Bonchev–Trinajstić information content (AvgIpc) is 3.03. The van der Waals surface area contributed by atoms with Gasteiger partial charge in [-0.3, -0.25) is 10.1 Å². The second-order valence-corrected chi connectivity index (χ2v) is 7.15. The molecule has 2 aromatic carbocycles. The van der Waals surface area contributed by atoms with Crippen molar-refractivity contribution in [1.82, 2.24) is 4.98 Å². The number of fused-ring (bicyclic) bond motifs is 1. The highest BCUT2D eigenvalue weighted by Crippen LogP contribution is 2.30. The second kappa shape index (κ2) is 7.66. The number of amides is 1. The molecule has 4 nitrogen and oxygen atoms in total. The van der Waals surface area contributed by atoms with E-state index in [4.69, 9.17) is 4.74 Å². The maximum absolute atomic E-state index is 12.3. The van der Waals surface area contributed by atoms with Crippen LogP contribution in [0.25, 0.3) is 10.2 Å². The molecule has 25 heavy (non-hydrogen) atoms. The summed E-state index contributed by atoms with van der Waals surface area (Å²) in [6, 6.07) is 15.6. The topological polar surface area (TPSA) is 51.2 Å². The minimum Gasteiger partial charge on any atom is -0.481 e. The van der Waals surface area contributed by atoms with Crippen LogP contribution >= 0.6 is 11.3 Å². The third-order valence-corrected chi connectivity index (χ3v) is 5.18. The highest BCUT2D eigenvalue weighted by Gasteiger charge is 2.17. The van der Waals surface area contributed by atoms with E-state index in [0.717, 1.165) is 16.6 Å². The van der Waals surface area contributed by atoms with Gasteiger partial charge in [0.1, 0.15) is 5.75 Å². The molecule has 0 aliphatic rings. The van der Waals surface area contributed by atoms with Gasteiger partial charge in [-0.05, 0) is 49.1 Å². The predicted molar refractivity (Wildman–Crippen MR) is 103 cm³/mol. The molecule has 0 aliphatic carbocycles. The maximum Gasteiger partial charge on any atom is 0.266 e. The number of para-hydroxylation sites is 1. The number of nitrogens with one attached hydrogen (secondary N) is 1. The molecule has 0 radical (unpaired) electrons. The maximum atomic E-state index is 12.3. The zero-order valence-corrected chi connectivity index (χ0v) is 15.5. The lowest BCUT2D eigenvalue weighted by molar-refractivity contribution is -0.122. The van der Waals surface area contributed by atoms with E-state index in [9.17, 15) is 4.79 Å². The molecule has 2 atom stereocenters. The van der Waals surface area contributed by atoms with Gasteiger partial charge in [-0.25, -0.2) is 4.98 Å². The standard InChI is InChI=1S/C20H22N2O2S/c1-4-13(2)15-10-11-17-18(12-15)25-20(21-17)22-19(23)14(3)24-16-8-6-5-7-9-16/h5-14H,4H2,1-3H3,(H,21,22,23). The van der Waals surface area contributed by atoms with Crippen LogP contribution in [0.1, 0.15) is 38.7 Å². The van der Waals surface area contributed by atoms with E-state index in [1.807, 2.05) is 36.4 Å². The molecule has 5 heteroatoms. The van der Waals surface area contributed by atoms with Crippen LogP contribution in [0.4, 0.5) is 5.13 Å². The van der Waals surface area contributed by atoms with Crippen LogP contribution < -0.4 is 10.1 Å². The Morgan fingerprint density at radius 2 is 1.96 bits per heavy atom. The van der Waals surface area contributed by atoms with Crippen LogP contribution in [0.3, 0.4) is 0 Å². The lowest BCUT2D eigenvalue weighted by atomic mass is 9.99. The molecule has 3 rings (SSSR count). The Balaban J connectivity index is 1.70. The fourth-order valence-corrected chi connectivity index (χ4v) is 3.42. The van der Waals surface area contributed by atoms with Crippen LogP contribution in [-0.4, -0.2) is 17.0 Å². The minimum absolute atomic E-state index is 0.204. The molecule has 1 N–H and O–H groups in total. The molecule has 0 fully saturated rings. The lowest BCUT2D eigenvalue weighted by Crippen LogP contribution is -2.30. The van der Waals surface area contributed by atoms with E-state index in [-0.39, 0.29) is 5.91 Å². The lowest BCUT2D eigenvalue weighted by Gasteiger charge is -2.13. The Morgan fingerprint density at radius 3 is 2.68 bits per heavy atom. The van der Waals surface area contributed by atoms with Crippen molar-refractivity contribution < 1.29 is 9.53 Å². The summed E-state index contributed by atoms with van der Waals surface area (Å²) in [5.74, 6) is 0.988. The van der Waals surface area contributed by atoms with Gasteiger partial charge in [0, 0.05) is 0 Å². The van der Waals surface area contributed by atoms with E-state index < -0.39 is 6.10 Å². The molecule has 2 unspecified atom stereocenters. The predicted octanol–water partition coefficient (Wildman–Crippen LogP) is 5.22. The number of ether oxygens (including phenoxy) is 1. The van der Waals surface area contributed by atoms with Crippen LogP contribution in [0, 0.1) is 0 Å².